The van der Waals surface area contributed by atoms with Crippen molar-refractivity contribution in [2.24, 2.45) is 0 Å². The first kappa shape index (κ1) is 13.3. The minimum atomic E-state index is -1.08. The average molecular weight is 272 g/mol. The van der Waals surface area contributed by atoms with Gasteiger partial charge in [-0.1, -0.05) is 12.0 Å². The molecule has 8 heteroatoms. The van der Waals surface area contributed by atoms with Gasteiger partial charge in [-0.15, -0.1) is 5.10 Å². The van der Waals surface area contributed by atoms with Crippen molar-refractivity contribution in [2.75, 3.05) is 11.9 Å². The Morgan fingerprint density at radius 2 is 1.84 bits per heavy atom. The number of rotatable bonds is 5. The largest absolute Gasteiger partial charge is 0.406 e. The third kappa shape index (κ3) is 3.22. The monoisotopic (exact) mass is 272 g/mol. The first-order valence-electron chi connectivity index (χ1n) is 5.54. The smallest absolute Gasteiger partial charge is 0.320 e. The zero-order chi connectivity index (χ0) is 13.8. The summed E-state index contributed by atoms with van der Waals surface area (Å²) in [6.45, 7) is 2.96. The summed E-state index contributed by atoms with van der Waals surface area (Å²) in [7, 11) is 0. The highest BCUT2D eigenvalue weighted by atomic mass is 19.1. The summed E-state index contributed by atoms with van der Waals surface area (Å²) < 4.78 is 44.6. The molecule has 1 aromatic heterocycles. The minimum absolute atomic E-state index is 0.169. The fraction of sp³-hybridized carbons (Fsp3) is 0.273. The standard InChI is InChI=1S/C11H11F3N4O/c1-2-15-5-9-17-18-11(19-9)16-10-7(13)3-6(12)4-8(10)14/h3-4,15H,2,5H2,1H3,(H,16,18). The highest BCUT2D eigenvalue weighted by Gasteiger charge is 2.14. The van der Waals surface area contributed by atoms with E-state index < -0.39 is 23.1 Å². The molecule has 0 fully saturated rings. The molecule has 0 bridgehead atoms. The van der Waals surface area contributed by atoms with Crippen LogP contribution < -0.4 is 10.6 Å². The molecule has 5 nitrogen and oxygen atoms in total. The minimum Gasteiger partial charge on any atom is -0.406 e. The first-order chi connectivity index (χ1) is 9.10. The van der Waals surface area contributed by atoms with Crippen molar-refractivity contribution < 1.29 is 17.6 Å². The van der Waals surface area contributed by atoms with Gasteiger partial charge in [-0.3, -0.25) is 0 Å². The van der Waals surface area contributed by atoms with Crippen LogP contribution in [-0.2, 0) is 6.54 Å². The van der Waals surface area contributed by atoms with Crippen LogP contribution in [0, 0.1) is 17.5 Å². The highest BCUT2D eigenvalue weighted by Crippen LogP contribution is 2.23. The Hall–Kier alpha value is -2.09. The van der Waals surface area contributed by atoms with Gasteiger partial charge in [0.1, 0.15) is 11.5 Å². The predicted octanol–water partition coefficient (Wildman–Crippen LogP) is 2.34. The molecule has 102 valence electrons. The molecule has 0 saturated carbocycles. The second-order valence-corrected chi connectivity index (χ2v) is 3.65. The summed E-state index contributed by atoms with van der Waals surface area (Å²) in [6, 6.07) is 0.945. The fourth-order valence-electron chi connectivity index (χ4n) is 1.38. The lowest BCUT2D eigenvalue weighted by atomic mass is 10.3. The second-order valence-electron chi connectivity index (χ2n) is 3.65. The van der Waals surface area contributed by atoms with Crippen LogP contribution in [0.2, 0.25) is 0 Å². The lowest BCUT2D eigenvalue weighted by molar-refractivity contribution is 0.482. The molecule has 0 atom stereocenters. The Morgan fingerprint density at radius 3 is 2.47 bits per heavy atom. The van der Waals surface area contributed by atoms with E-state index >= 15 is 0 Å². The Bertz CT molecular complexity index is 550. The second kappa shape index (κ2) is 5.70. The van der Waals surface area contributed by atoms with Crippen molar-refractivity contribution in [3.8, 4) is 0 Å². The van der Waals surface area contributed by atoms with Crippen LogP contribution in [0.3, 0.4) is 0 Å². The molecule has 0 aliphatic rings. The quantitative estimate of drug-likeness (QED) is 0.874. The third-order valence-corrected chi connectivity index (χ3v) is 2.23. The van der Waals surface area contributed by atoms with Gasteiger partial charge < -0.3 is 15.1 Å². The molecular formula is C11H11F3N4O. The van der Waals surface area contributed by atoms with E-state index in [0.29, 0.717) is 25.2 Å². The summed E-state index contributed by atoms with van der Waals surface area (Å²) in [4.78, 5) is 0. The molecule has 0 aliphatic carbocycles. The molecule has 0 radical (unpaired) electrons. The summed E-state index contributed by atoms with van der Waals surface area (Å²) in [6.07, 6.45) is 0. The maximum absolute atomic E-state index is 13.4. The summed E-state index contributed by atoms with van der Waals surface area (Å²) in [5.74, 6) is -2.89. The molecule has 0 aliphatic heterocycles. The molecule has 1 aromatic carbocycles. The third-order valence-electron chi connectivity index (χ3n) is 2.23. The van der Waals surface area contributed by atoms with Crippen molar-refractivity contribution >= 4 is 11.7 Å². The van der Waals surface area contributed by atoms with E-state index in [1.165, 1.54) is 0 Å². The Morgan fingerprint density at radius 1 is 1.16 bits per heavy atom. The first-order valence-corrected chi connectivity index (χ1v) is 5.54. The van der Waals surface area contributed by atoms with Crippen molar-refractivity contribution in [3.63, 3.8) is 0 Å². The van der Waals surface area contributed by atoms with Gasteiger partial charge in [0.15, 0.2) is 11.6 Å². The van der Waals surface area contributed by atoms with E-state index in [2.05, 4.69) is 20.8 Å². The van der Waals surface area contributed by atoms with Gasteiger partial charge in [0.25, 0.3) is 0 Å². The van der Waals surface area contributed by atoms with Crippen LogP contribution >= 0.6 is 0 Å². The number of halogens is 3. The Kier molecular flexibility index (Phi) is 4.00. The van der Waals surface area contributed by atoms with E-state index in [1.54, 1.807) is 0 Å². The number of nitrogens with one attached hydrogen (secondary N) is 2. The number of hydrogen-bond acceptors (Lipinski definition) is 5. The summed E-state index contributed by atoms with van der Waals surface area (Å²) in [5.41, 5.74) is -0.542. The summed E-state index contributed by atoms with van der Waals surface area (Å²) in [5, 5.41) is 12.5. The lowest BCUT2D eigenvalue weighted by Crippen LogP contribution is -2.11. The molecule has 0 spiro atoms. The molecule has 2 rings (SSSR count). The number of hydrogen-bond donors (Lipinski definition) is 2. The lowest BCUT2D eigenvalue weighted by Gasteiger charge is -2.04. The van der Waals surface area contributed by atoms with E-state index in [1.807, 2.05) is 6.92 Å². The number of aromatic nitrogens is 2. The summed E-state index contributed by atoms with van der Waals surface area (Å²) >= 11 is 0. The van der Waals surface area contributed by atoms with Crippen molar-refractivity contribution in [1.29, 1.82) is 0 Å². The van der Waals surface area contributed by atoms with E-state index in [0.717, 1.165) is 0 Å². The van der Waals surface area contributed by atoms with Gasteiger partial charge in [0.2, 0.25) is 5.89 Å². The number of benzene rings is 1. The van der Waals surface area contributed by atoms with Crippen LogP contribution in [0.5, 0.6) is 0 Å². The number of nitrogens with zero attached hydrogens (tertiary/aromatic N) is 2. The molecule has 19 heavy (non-hydrogen) atoms. The van der Waals surface area contributed by atoms with E-state index in [9.17, 15) is 13.2 Å². The molecule has 0 saturated heterocycles. The van der Waals surface area contributed by atoms with Crippen molar-refractivity contribution in [2.45, 2.75) is 13.5 Å². The molecule has 0 unspecified atom stereocenters. The Balaban J connectivity index is 2.15. The molecular weight excluding hydrogens is 261 g/mol. The maximum atomic E-state index is 13.4. The predicted molar refractivity (Wildman–Crippen MR) is 61.3 cm³/mol. The van der Waals surface area contributed by atoms with Crippen molar-refractivity contribution in [3.05, 3.63) is 35.5 Å². The molecule has 2 N–H and O–H groups in total. The maximum Gasteiger partial charge on any atom is 0.320 e. The fourth-order valence-corrected chi connectivity index (χ4v) is 1.38. The molecule has 2 aromatic rings. The zero-order valence-electron chi connectivity index (χ0n) is 10.0. The van der Waals surface area contributed by atoms with E-state index in [4.69, 9.17) is 4.42 Å². The van der Waals surface area contributed by atoms with Crippen molar-refractivity contribution in [1.82, 2.24) is 15.5 Å². The van der Waals surface area contributed by atoms with Crippen LogP contribution in [0.25, 0.3) is 0 Å². The van der Waals surface area contributed by atoms with Crippen LogP contribution in [-0.4, -0.2) is 16.7 Å². The zero-order valence-corrected chi connectivity index (χ0v) is 10.0. The normalized spacial score (nSPS) is 10.7. The topological polar surface area (TPSA) is 63.0 Å². The van der Waals surface area contributed by atoms with Gasteiger partial charge in [-0.2, -0.15) is 0 Å². The van der Waals surface area contributed by atoms with Gasteiger partial charge >= 0.3 is 6.01 Å². The van der Waals surface area contributed by atoms with Gasteiger partial charge in [0.05, 0.1) is 6.54 Å². The van der Waals surface area contributed by atoms with Gasteiger partial charge in [-0.25, -0.2) is 13.2 Å². The van der Waals surface area contributed by atoms with Crippen LogP contribution in [0.1, 0.15) is 12.8 Å². The SMILES string of the molecule is CCNCc1nnc(Nc2c(F)cc(F)cc2F)o1. The van der Waals surface area contributed by atoms with Gasteiger partial charge in [0, 0.05) is 12.1 Å². The average Bonchev–Trinajstić information content (AvgIpc) is 2.79. The number of anilines is 2. The Labute approximate surface area is 106 Å². The molecule has 1 heterocycles. The van der Waals surface area contributed by atoms with E-state index in [-0.39, 0.29) is 11.9 Å². The highest BCUT2D eigenvalue weighted by molar-refractivity contribution is 5.53. The molecule has 0 amide bonds. The van der Waals surface area contributed by atoms with Crippen LogP contribution in [0.4, 0.5) is 24.9 Å². The van der Waals surface area contributed by atoms with Gasteiger partial charge in [-0.05, 0) is 6.54 Å². The van der Waals surface area contributed by atoms with Crippen LogP contribution in [0.15, 0.2) is 16.5 Å².